The summed E-state index contributed by atoms with van der Waals surface area (Å²) in [7, 11) is 2.23. The van der Waals surface area contributed by atoms with Gasteiger partial charge in [0.2, 0.25) is 8.11 Å². The Balaban J connectivity index is 3.35. The first kappa shape index (κ1) is 8.43. The molecule has 0 amide bonds. The second-order valence-corrected chi connectivity index (χ2v) is 4.82. The molecule has 0 bridgehead atoms. The van der Waals surface area contributed by atoms with Gasteiger partial charge in [-0.2, -0.15) is 11.1 Å². The van der Waals surface area contributed by atoms with Crippen LogP contribution in [0.4, 0.5) is 0 Å². The van der Waals surface area contributed by atoms with E-state index in [0.29, 0.717) is 0 Å². The van der Waals surface area contributed by atoms with E-state index in [1.165, 1.54) is 0 Å². The quantitative estimate of drug-likeness (QED) is 0.342. The van der Waals surface area contributed by atoms with Gasteiger partial charge in [-0.05, 0) is 0 Å². The van der Waals surface area contributed by atoms with Crippen LogP contribution in [0.3, 0.4) is 0 Å². The maximum Gasteiger partial charge on any atom is 0.229 e. The smallest absolute Gasteiger partial charge is 0.229 e. The fraction of sp³-hybridized carbons (Fsp3) is 1.00. The molecule has 0 aliphatic rings. The van der Waals surface area contributed by atoms with Crippen LogP contribution in [0.2, 0.25) is 6.55 Å². The summed E-state index contributed by atoms with van der Waals surface area (Å²) in [5.41, 5.74) is 0. The Bertz CT molecular complexity index is 56.0. The lowest BCUT2D eigenvalue weighted by atomic mass is 11.3. The number of methoxy groups -OCH3 is 2. The highest BCUT2D eigenvalue weighted by atomic mass is 35.6. The zero-order valence-electron chi connectivity index (χ0n) is 5.27. The van der Waals surface area contributed by atoms with Crippen LogP contribution in [-0.4, -0.2) is 28.2 Å². The Hall–Kier alpha value is 0.427. The molecule has 8 heavy (non-hydrogen) atoms. The highest BCUT2D eigenvalue weighted by Crippen LogP contribution is 2.00. The number of hydrogen-bond acceptors (Lipinski definition) is 2. The molecule has 0 spiro atoms. The van der Waals surface area contributed by atoms with E-state index in [2.05, 4.69) is 0 Å². The molecular formula is C4H10ClO2Si. The Morgan fingerprint density at radius 1 is 1.38 bits per heavy atom. The summed E-state index contributed by atoms with van der Waals surface area (Å²) in [6.07, 6.45) is 0. The number of halogens is 1. The van der Waals surface area contributed by atoms with Gasteiger partial charge >= 0.3 is 0 Å². The third kappa shape index (κ3) is 2.67. The van der Waals surface area contributed by atoms with Crippen LogP contribution in [0.15, 0.2) is 0 Å². The van der Waals surface area contributed by atoms with Crippen LogP contribution in [0.5, 0.6) is 0 Å². The standard InChI is InChI=1S/C4H10ClO2Si/c1-6-4(7-2)8(3)5/h4H,1-3H3. The fourth-order valence-electron chi connectivity index (χ4n) is 0.421. The van der Waals surface area contributed by atoms with Gasteiger partial charge in [0.1, 0.15) is 0 Å². The average molecular weight is 154 g/mol. The van der Waals surface area contributed by atoms with Crippen LogP contribution >= 0.6 is 11.1 Å². The van der Waals surface area contributed by atoms with E-state index >= 15 is 0 Å². The van der Waals surface area contributed by atoms with E-state index in [1.54, 1.807) is 14.2 Å². The minimum Gasteiger partial charge on any atom is -0.358 e. The summed E-state index contributed by atoms with van der Waals surface area (Å²) in [4.78, 5) is 0. The molecule has 0 aliphatic carbocycles. The molecule has 4 heteroatoms. The van der Waals surface area contributed by atoms with Gasteiger partial charge in [-0.15, -0.1) is 0 Å². The van der Waals surface area contributed by atoms with Crippen molar-refractivity contribution >= 4 is 19.2 Å². The van der Waals surface area contributed by atoms with Crippen LogP contribution < -0.4 is 0 Å². The van der Waals surface area contributed by atoms with Crippen molar-refractivity contribution in [3.8, 4) is 0 Å². The molecule has 0 fully saturated rings. The van der Waals surface area contributed by atoms with Crippen LogP contribution in [0, 0.1) is 0 Å². The molecular weight excluding hydrogens is 144 g/mol. The molecule has 0 unspecified atom stereocenters. The summed E-state index contributed by atoms with van der Waals surface area (Å²) in [6.45, 7) is 1.92. The summed E-state index contributed by atoms with van der Waals surface area (Å²) in [5, 5.41) is 0. The molecule has 0 aromatic rings. The van der Waals surface area contributed by atoms with Gasteiger partial charge in [0, 0.05) is 14.2 Å². The molecule has 2 nitrogen and oxygen atoms in total. The number of rotatable bonds is 3. The minimum absolute atomic E-state index is 0.179. The van der Waals surface area contributed by atoms with Gasteiger partial charge in [-0.1, -0.05) is 6.55 Å². The highest BCUT2D eigenvalue weighted by molar-refractivity contribution is 7.06. The van der Waals surface area contributed by atoms with E-state index in [4.69, 9.17) is 20.6 Å². The maximum atomic E-state index is 5.70. The highest BCUT2D eigenvalue weighted by Gasteiger charge is 2.14. The largest absolute Gasteiger partial charge is 0.358 e. The summed E-state index contributed by atoms with van der Waals surface area (Å²) in [6, 6.07) is 0. The lowest BCUT2D eigenvalue weighted by Gasteiger charge is -2.12. The van der Waals surface area contributed by atoms with Crippen LogP contribution in [0.25, 0.3) is 0 Å². The SMILES string of the molecule is COC(OC)[Si](C)Cl. The number of ether oxygens (including phenoxy) is 2. The lowest BCUT2D eigenvalue weighted by molar-refractivity contribution is -0.0448. The van der Waals surface area contributed by atoms with Crippen molar-refractivity contribution in [2.45, 2.75) is 12.5 Å². The topological polar surface area (TPSA) is 18.5 Å². The Kier molecular flexibility index (Phi) is 4.55. The summed E-state index contributed by atoms with van der Waals surface area (Å²) < 4.78 is 9.70. The van der Waals surface area contributed by atoms with Gasteiger partial charge in [-0.3, -0.25) is 0 Å². The molecule has 0 saturated carbocycles. The molecule has 0 aromatic heterocycles. The molecule has 49 valence electrons. The van der Waals surface area contributed by atoms with E-state index in [0.717, 1.165) is 0 Å². The van der Waals surface area contributed by atoms with Crippen molar-refractivity contribution in [2.24, 2.45) is 0 Å². The van der Waals surface area contributed by atoms with Gasteiger partial charge in [0.05, 0.1) is 0 Å². The second-order valence-electron chi connectivity index (χ2n) is 1.39. The first-order valence-corrected chi connectivity index (χ1v) is 5.35. The van der Waals surface area contributed by atoms with Crippen molar-refractivity contribution in [1.29, 1.82) is 0 Å². The predicted molar refractivity (Wildman–Crippen MR) is 35.3 cm³/mol. The fourth-order valence-corrected chi connectivity index (χ4v) is 1.61. The van der Waals surface area contributed by atoms with Crippen molar-refractivity contribution in [2.75, 3.05) is 14.2 Å². The Morgan fingerprint density at radius 3 is 1.75 bits per heavy atom. The van der Waals surface area contributed by atoms with Gasteiger partial charge in [-0.25, -0.2) is 0 Å². The Morgan fingerprint density at radius 2 is 1.75 bits per heavy atom. The maximum absolute atomic E-state index is 5.70. The van der Waals surface area contributed by atoms with E-state index < -0.39 is 8.11 Å². The van der Waals surface area contributed by atoms with Gasteiger partial charge in [0.15, 0.2) is 5.91 Å². The van der Waals surface area contributed by atoms with Crippen molar-refractivity contribution < 1.29 is 9.47 Å². The summed E-state index contributed by atoms with van der Waals surface area (Å²) >= 11 is 5.70. The first-order valence-electron chi connectivity index (χ1n) is 2.27. The lowest BCUT2D eigenvalue weighted by Crippen LogP contribution is -2.26. The third-order valence-electron chi connectivity index (χ3n) is 0.753. The van der Waals surface area contributed by atoms with Crippen molar-refractivity contribution in [3.63, 3.8) is 0 Å². The monoisotopic (exact) mass is 153 g/mol. The molecule has 0 rings (SSSR count). The normalized spacial score (nSPS) is 11.2. The second kappa shape index (κ2) is 4.32. The van der Waals surface area contributed by atoms with Crippen molar-refractivity contribution in [3.05, 3.63) is 0 Å². The summed E-state index contributed by atoms with van der Waals surface area (Å²) in [5.74, 6) is -0.179. The van der Waals surface area contributed by atoms with Crippen LogP contribution in [-0.2, 0) is 9.47 Å². The van der Waals surface area contributed by atoms with E-state index in [1.807, 2.05) is 6.55 Å². The van der Waals surface area contributed by atoms with Crippen LogP contribution in [0.1, 0.15) is 0 Å². The van der Waals surface area contributed by atoms with E-state index in [-0.39, 0.29) is 5.91 Å². The zero-order valence-corrected chi connectivity index (χ0v) is 7.03. The predicted octanol–water partition coefficient (Wildman–Crippen LogP) is 1.00. The minimum atomic E-state index is -0.947. The number of hydrogen-bond donors (Lipinski definition) is 0. The molecule has 0 N–H and O–H groups in total. The molecule has 0 aromatic carbocycles. The molecule has 0 saturated heterocycles. The third-order valence-corrected chi connectivity index (χ3v) is 2.41. The molecule has 0 heterocycles. The average Bonchev–Trinajstić information content (AvgIpc) is 1.69. The molecule has 0 aliphatic heterocycles. The van der Waals surface area contributed by atoms with Gasteiger partial charge in [0.25, 0.3) is 0 Å². The first-order chi connectivity index (χ1) is 3.72. The van der Waals surface area contributed by atoms with E-state index in [9.17, 15) is 0 Å². The molecule has 1 radical (unpaired) electrons. The van der Waals surface area contributed by atoms with Crippen molar-refractivity contribution in [1.82, 2.24) is 0 Å². The zero-order chi connectivity index (χ0) is 6.57. The molecule has 0 atom stereocenters. The Labute approximate surface area is 56.0 Å². The van der Waals surface area contributed by atoms with Gasteiger partial charge < -0.3 is 9.47 Å².